The quantitative estimate of drug-likeness (QED) is 0.884. The number of hydrogen-bond acceptors (Lipinski definition) is 3. The summed E-state index contributed by atoms with van der Waals surface area (Å²) in [6.45, 7) is 1.95. The van der Waals surface area contributed by atoms with E-state index in [9.17, 15) is 9.50 Å². The Hall–Kier alpha value is -2.54. The van der Waals surface area contributed by atoms with Crippen molar-refractivity contribution in [2.45, 2.75) is 19.4 Å². The van der Waals surface area contributed by atoms with Crippen molar-refractivity contribution in [3.05, 3.63) is 59.4 Å². The third kappa shape index (κ3) is 2.72. The Balaban J connectivity index is 2.35. The van der Waals surface area contributed by atoms with E-state index in [2.05, 4.69) is 5.32 Å². The summed E-state index contributed by atoms with van der Waals surface area (Å²) in [5, 5.41) is 22.0. The molecule has 2 N–H and O–H groups in total. The molecule has 0 aromatic heterocycles. The van der Waals surface area contributed by atoms with E-state index in [-0.39, 0.29) is 17.4 Å². The lowest BCUT2D eigenvalue weighted by Gasteiger charge is -2.20. The highest BCUT2D eigenvalue weighted by atomic mass is 19.1. The van der Waals surface area contributed by atoms with Gasteiger partial charge in [-0.05, 0) is 24.6 Å². The summed E-state index contributed by atoms with van der Waals surface area (Å²) >= 11 is 0. The number of phenolic OH excluding ortho intramolecular Hbond substituents is 1. The van der Waals surface area contributed by atoms with Crippen LogP contribution in [0, 0.1) is 17.1 Å². The van der Waals surface area contributed by atoms with Gasteiger partial charge in [-0.2, -0.15) is 5.26 Å². The molecule has 102 valence electrons. The largest absolute Gasteiger partial charge is 0.508 e. The Morgan fingerprint density at radius 1 is 1.25 bits per heavy atom. The van der Waals surface area contributed by atoms with Gasteiger partial charge in [0.1, 0.15) is 23.2 Å². The van der Waals surface area contributed by atoms with Gasteiger partial charge in [0.15, 0.2) is 0 Å². The first-order chi connectivity index (χ1) is 9.67. The molecule has 0 bridgehead atoms. The summed E-state index contributed by atoms with van der Waals surface area (Å²) in [5.41, 5.74) is 1.15. The highest BCUT2D eigenvalue weighted by Crippen LogP contribution is 2.30. The molecule has 4 heteroatoms. The van der Waals surface area contributed by atoms with Gasteiger partial charge in [0.05, 0.1) is 11.7 Å². The highest BCUT2D eigenvalue weighted by Gasteiger charge is 2.16. The van der Waals surface area contributed by atoms with Crippen molar-refractivity contribution in [1.29, 1.82) is 5.26 Å². The molecule has 3 nitrogen and oxygen atoms in total. The normalized spacial score (nSPS) is 11.7. The predicted molar refractivity (Wildman–Crippen MR) is 75.9 cm³/mol. The molecule has 0 aliphatic heterocycles. The number of aromatic hydroxyl groups is 1. The predicted octanol–water partition coefficient (Wildman–Crippen LogP) is 3.97. The zero-order chi connectivity index (χ0) is 14.5. The molecule has 2 aromatic rings. The first kappa shape index (κ1) is 13.9. The number of phenols is 1. The summed E-state index contributed by atoms with van der Waals surface area (Å²) in [6, 6.07) is 13.1. The van der Waals surface area contributed by atoms with Crippen LogP contribution < -0.4 is 5.32 Å². The molecule has 0 aliphatic carbocycles. The Bertz CT molecular complexity index is 649. The number of benzene rings is 2. The second-order valence-electron chi connectivity index (χ2n) is 4.44. The Morgan fingerprint density at radius 2 is 2.00 bits per heavy atom. The number of anilines is 1. The molecule has 20 heavy (non-hydrogen) atoms. The molecule has 0 fully saturated rings. The number of nitrogens with zero attached hydrogens (tertiary/aromatic N) is 1. The number of nitrogens with one attached hydrogen (secondary N) is 1. The molecule has 2 aromatic carbocycles. The summed E-state index contributed by atoms with van der Waals surface area (Å²) in [5.74, 6) is -0.369. The summed E-state index contributed by atoms with van der Waals surface area (Å²) in [7, 11) is 0. The fraction of sp³-hybridized carbons (Fsp3) is 0.188. The van der Waals surface area contributed by atoms with Gasteiger partial charge in [-0.1, -0.05) is 31.2 Å². The zero-order valence-corrected chi connectivity index (χ0v) is 11.1. The lowest BCUT2D eigenvalue weighted by molar-refractivity contribution is 0.462. The van der Waals surface area contributed by atoms with Gasteiger partial charge in [-0.15, -0.1) is 0 Å². The molecular weight excluding hydrogens is 255 g/mol. The Morgan fingerprint density at radius 3 is 2.65 bits per heavy atom. The van der Waals surface area contributed by atoms with E-state index in [0.717, 1.165) is 5.56 Å². The van der Waals surface area contributed by atoms with Gasteiger partial charge in [0.2, 0.25) is 0 Å². The van der Waals surface area contributed by atoms with E-state index >= 15 is 0 Å². The maximum Gasteiger partial charge on any atom is 0.143 e. The number of nitriles is 1. The van der Waals surface area contributed by atoms with Crippen molar-refractivity contribution in [1.82, 2.24) is 0 Å². The van der Waals surface area contributed by atoms with Crippen LogP contribution in [0.2, 0.25) is 0 Å². The maximum absolute atomic E-state index is 13.6. The molecular formula is C16H15FN2O. The number of rotatable bonds is 4. The number of hydrogen-bond donors (Lipinski definition) is 2. The van der Waals surface area contributed by atoms with Gasteiger partial charge in [0, 0.05) is 5.56 Å². The van der Waals surface area contributed by atoms with Gasteiger partial charge in [-0.3, -0.25) is 0 Å². The van der Waals surface area contributed by atoms with Crippen molar-refractivity contribution >= 4 is 5.69 Å². The van der Waals surface area contributed by atoms with Gasteiger partial charge < -0.3 is 10.4 Å². The summed E-state index contributed by atoms with van der Waals surface area (Å²) in [4.78, 5) is 0. The first-order valence-electron chi connectivity index (χ1n) is 6.40. The minimum Gasteiger partial charge on any atom is -0.508 e. The molecule has 0 aliphatic rings. The second-order valence-corrected chi connectivity index (χ2v) is 4.44. The van der Waals surface area contributed by atoms with Crippen LogP contribution in [0.1, 0.15) is 30.5 Å². The molecule has 1 atom stereocenters. The molecule has 0 amide bonds. The fourth-order valence-corrected chi connectivity index (χ4v) is 2.13. The van der Waals surface area contributed by atoms with E-state index in [1.165, 1.54) is 6.07 Å². The standard InChI is InChI=1S/C16H15FN2O/c1-2-14(11-6-3-4-9-16(11)20)19-15-8-5-7-13(17)12(15)10-18/h3-9,14,19-20H,2H2,1H3. The minimum atomic E-state index is -0.551. The zero-order valence-electron chi connectivity index (χ0n) is 11.1. The van der Waals surface area contributed by atoms with Crippen molar-refractivity contribution < 1.29 is 9.50 Å². The summed E-state index contributed by atoms with van der Waals surface area (Å²) in [6.07, 6.45) is 0.693. The number of halogens is 1. The third-order valence-electron chi connectivity index (χ3n) is 3.18. The van der Waals surface area contributed by atoms with Gasteiger partial charge in [0.25, 0.3) is 0 Å². The lowest BCUT2D eigenvalue weighted by atomic mass is 10.0. The van der Waals surface area contributed by atoms with E-state index in [1.807, 2.05) is 25.1 Å². The SMILES string of the molecule is CCC(Nc1cccc(F)c1C#N)c1ccccc1O. The Kier molecular flexibility index (Phi) is 4.21. The molecule has 0 radical (unpaired) electrons. The monoisotopic (exact) mass is 270 g/mol. The van der Waals surface area contributed by atoms with E-state index in [1.54, 1.807) is 24.3 Å². The maximum atomic E-state index is 13.6. The van der Waals surface area contributed by atoms with Gasteiger partial charge in [-0.25, -0.2) is 4.39 Å². The van der Waals surface area contributed by atoms with Crippen LogP contribution >= 0.6 is 0 Å². The van der Waals surface area contributed by atoms with E-state index in [0.29, 0.717) is 12.1 Å². The Labute approximate surface area is 117 Å². The highest BCUT2D eigenvalue weighted by molar-refractivity contribution is 5.59. The van der Waals surface area contributed by atoms with Crippen LogP contribution in [0.25, 0.3) is 0 Å². The molecule has 2 rings (SSSR count). The lowest BCUT2D eigenvalue weighted by Crippen LogP contribution is -2.11. The van der Waals surface area contributed by atoms with Crippen LogP contribution in [-0.2, 0) is 0 Å². The minimum absolute atomic E-state index is 0.0126. The molecule has 0 saturated carbocycles. The van der Waals surface area contributed by atoms with Crippen molar-refractivity contribution in [2.24, 2.45) is 0 Å². The summed E-state index contributed by atoms with van der Waals surface area (Å²) < 4.78 is 13.6. The van der Waals surface area contributed by atoms with Crippen molar-refractivity contribution in [2.75, 3.05) is 5.32 Å². The van der Waals surface area contributed by atoms with Crippen LogP contribution in [0.5, 0.6) is 5.75 Å². The fourth-order valence-electron chi connectivity index (χ4n) is 2.13. The number of para-hydroxylation sites is 1. The average molecular weight is 270 g/mol. The van der Waals surface area contributed by atoms with Crippen LogP contribution in [0.15, 0.2) is 42.5 Å². The van der Waals surface area contributed by atoms with Crippen LogP contribution in [0.4, 0.5) is 10.1 Å². The van der Waals surface area contributed by atoms with E-state index < -0.39 is 5.82 Å². The third-order valence-corrected chi connectivity index (χ3v) is 3.18. The first-order valence-corrected chi connectivity index (χ1v) is 6.40. The second kappa shape index (κ2) is 6.07. The molecule has 0 heterocycles. The van der Waals surface area contributed by atoms with Crippen LogP contribution in [-0.4, -0.2) is 5.11 Å². The van der Waals surface area contributed by atoms with Crippen molar-refractivity contribution in [3.8, 4) is 11.8 Å². The smallest absolute Gasteiger partial charge is 0.143 e. The van der Waals surface area contributed by atoms with Crippen LogP contribution in [0.3, 0.4) is 0 Å². The topological polar surface area (TPSA) is 56.0 Å². The molecule has 0 spiro atoms. The van der Waals surface area contributed by atoms with Gasteiger partial charge >= 0.3 is 0 Å². The molecule has 0 saturated heterocycles. The average Bonchev–Trinajstić information content (AvgIpc) is 2.46. The van der Waals surface area contributed by atoms with Crippen molar-refractivity contribution in [3.63, 3.8) is 0 Å². The molecule has 1 unspecified atom stereocenters. The van der Waals surface area contributed by atoms with E-state index in [4.69, 9.17) is 5.26 Å².